The quantitative estimate of drug-likeness (QED) is 0.271. The maximum atomic E-state index is 12.8. The fourth-order valence-electron chi connectivity index (χ4n) is 3.04. The number of hydroxylamine groups is 1. The third kappa shape index (κ3) is 4.98. The van der Waals surface area contributed by atoms with E-state index in [4.69, 9.17) is 5.21 Å². The third-order valence-corrected chi connectivity index (χ3v) is 4.90. The highest BCUT2D eigenvalue weighted by molar-refractivity contribution is 9.10. The highest BCUT2D eigenvalue weighted by Crippen LogP contribution is 2.20. The zero-order valence-corrected chi connectivity index (χ0v) is 16.6. The number of aromatic nitrogens is 1. The lowest BCUT2D eigenvalue weighted by atomic mass is 10.1. The summed E-state index contributed by atoms with van der Waals surface area (Å²) in [6.45, 7) is 0.266. The predicted molar refractivity (Wildman–Crippen MR) is 110 cm³/mol. The molecule has 0 aliphatic heterocycles. The van der Waals surface area contributed by atoms with Gasteiger partial charge in [0.2, 0.25) is 5.91 Å². The van der Waals surface area contributed by atoms with E-state index in [0.29, 0.717) is 18.5 Å². The number of fused-ring (bicyclic) bond motifs is 1. The molecule has 0 aliphatic carbocycles. The number of hydrogen-bond acceptors (Lipinski definition) is 4. The number of aromatic amines is 1. The van der Waals surface area contributed by atoms with Crippen molar-refractivity contribution in [3.05, 3.63) is 70.3 Å². The fraction of sp³-hybridized carbons (Fsp3) is 0.200. The minimum absolute atomic E-state index is 0.191. The Balaban J connectivity index is 1.65. The second-order valence-corrected chi connectivity index (χ2v) is 7.22. The van der Waals surface area contributed by atoms with Crippen molar-refractivity contribution in [3.8, 4) is 0 Å². The molecule has 1 unspecified atom stereocenters. The second-order valence-electron chi connectivity index (χ2n) is 6.30. The van der Waals surface area contributed by atoms with Gasteiger partial charge < -0.3 is 10.3 Å². The highest BCUT2D eigenvalue weighted by Gasteiger charge is 2.21. The molecule has 1 atom stereocenters. The van der Waals surface area contributed by atoms with Gasteiger partial charge in [-0.1, -0.05) is 46.3 Å². The van der Waals surface area contributed by atoms with Crippen molar-refractivity contribution in [2.75, 3.05) is 13.1 Å². The lowest BCUT2D eigenvalue weighted by Crippen LogP contribution is -2.42. The minimum Gasteiger partial charge on any atom is -0.361 e. The average molecular weight is 445 g/mol. The van der Waals surface area contributed by atoms with Gasteiger partial charge in [0, 0.05) is 28.1 Å². The van der Waals surface area contributed by atoms with Gasteiger partial charge in [0.25, 0.3) is 5.91 Å². The summed E-state index contributed by atoms with van der Waals surface area (Å²) in [5.41, 5.74) is 4.46. The van der Waals surface area contributed by atoms with Crippen molar-refractivity contribution >= 4 is 38.6 Å². The van der Waals surface area contributed by atoms with Crippen molar-refractivity contribution in [1.29, 1.82) is 0 Å². The molecule has 1 aromatic heterocycles. The van der Waals surface area contributed by atoms with Gasteiger partial charge in [-0.2, -0.15) is 0 Å². The van der Waals surface area contributed by atoms with Crippen LogP contribution < -0.4 is 16.1 Å². The first kappa shape index (κ1) is 20.1. The van der Waals surface area contributed by atoms with Crippen LogP contribution in [0.3, 0.4) is 0 Å². The van der Waals surface area contributed by atoms with E-state index in [1.54, 1.807) is 11.5 Å². The Labute approximate surface area is 170 Å². The first-order valence-electron chi connectivity index (χ1n) is 8.83. The summed E-state index contributed by atoms with van der Waals surface area (Å²) in [5, 5.41) is 15.6. The number of para-hydroxylation sites is 1. The number of benzene rings is 2. The SMILES string of the molecule is O=C(CNC(C(=O)NCCc1c[nH]c2ccccc12)c1cccc(Br)c1)NO. The highest BCUT2D eigenvalue weighted by atomic mass is 79.9. The first-order valence-corrected chi connectivity index (χ1v) is 9.62. The van der Waals surface area contributed by atoms with Gasteiger partial charge in [0.15, 0.2) is 0 Å². The summed E-state index contributed by atoms with van der Waals surface area (Å²) in [7, 11) is 0. The monoisotopic (exact) mass is 444 g/mol. The minimum atomic E-state index is -0.724. The molecule has 146 valence electrons. The Kier molecular flexibility index (Phi) is 6.80. The van der Waals surface area contributed by atoms with E-state index < -0.39 is 11.9 Å². The summed E-state index contributed by atoms with van der Waals surface area (Å²) < 4.78 is 0.829. The molecule has 0 saturated heterocycles. The molecular weight excluding hydrogens is 424 g/mol. The molecule has 2 amide bonds. The number of hydrogen-bond donors (Lipinski definition) is 5. The van der Waals surface area contributed by atoms with E-state index in [-0.39, 0.29) is 12.5 Å². The Morgan fingerprint density at radius 3 is 2.75 bits per heavy atom. The number of H-pyrrole nitrogens is 1. The maximum Gasteiger partial charge on any atom is 0.257 e. The van der Waals surface area contributed by atoms with Gasteiger partial charge in [-0.25, -0.2) is 5.48 Å². The van der Waals surface area contributed by atoms with Gasteiger partial charge >= 0.3 is 0 Å². The number of halogens is 1. The van der Waals surface area contributed by atoms with Crippen LogP contribution in [-0.4, -0.2) is 35.1 Å². The zero-order chi connectivity index (χ0) is 19.9. The van der Waals surface area contributed by atoms with Gasteiger partial charge in [0.1, 0.15) is 6.04 Å². The predicted octanol–water partition coefficient (Wildman–Crippen LogP) is 2.43. The smallest absolute Gasteiger partial charge is 0.257 e. The van der Waals surface area contributed by atoms with Gasteiger partial charge in [0.05, 0.1) is 6.54 Å². The molecule has 7 nitrogen and oxygen atoms in total. The Morgan fingerprint density at radius 2 is 1.96 bits per heavy atom. The molecular formula is C20H21BrN4O3. The van der Waals surface area contributed by atoms with Crippen LogP contribution in [0, 0.1) is 0 Å². The molecule has 5 N–H and O–H groups in total. The second kappa shape index (κ2) is 9.50. The van der Waals surface area contributed by atoms with E-state index in [0.717, 1.165) is 20.9 Å². The molecule has 0 fully saturated rings. The molecule has 3 aromatic rings. The van der Waals surface area contributed by atoms with Crippen LogP contribution in [0.4, 0.5) is 0 Å². The molecule has 0 saturated carbocycles. The Hall–Kier alpha value is -2.68. The lowest BCUT2D eigenvalue weighted by Gasteiger charge is -2.18. The first-order chi connectivity index (χ1) is 13.6. The topological polar surface area (TPSA) is 106 Å². The van der Waals surface area contributed by atoms with Crippen LogP contribution in [0.25, 0.3) is 10.9 Å². The van der Waals surface area contributed by atoms with E-state index in [1.807, 2.05) is 48.7 Å². The molecule has 1 heterocycles. The molecule has 0 radical (unpaired) electrons. The largest absolute Gasteiger partial charge is 0.361 e. The van der Waals surface area contributed by atoms with Crippen molar-refractivity contribution < 1.29 is 14.8 Å². The molecule has 0 spiro atoms. The number of rotatable bonds is 8. The Bertz CT molecular complexity index is 973. The van der Waals surface area contributed by atoms with E-state index in [9.17, 15) is 9.59 Å². The van der Waals surface area contributed by atoms with E-state index in [2.05, 4.69) is 31.5 Å². The van der Waals surface area contributed by atoms with Crippen LogP contribution in [0.5, 0.6) is 0 Å². The standard InChI is InChI=1S/C20H21BrN4O3/c21-15-5-3-4-13(10-15)19(24-12-18(26)25-28)20(27)22-9-8-14-11-23-17-7-2-1-6-16(14)17/h1-7,10-11,19,23-24,28H,8-9,12H2,(H,22,27)(H,25,26). The maximum absolute atomic E-state index is 12.8. The average Bonchev–Trinajstić information content (AvgIpc) is 3.11. The molecule has 28 heavy (non-hydrogen) atoms. The molecule has 8 heteroatoms. The summed E-state index contributed by atoms with van der Waals surface area (Å²) in [5.74, 6) is -0.865. The van der Waals surface area contributed by atoms with Gasteiger partial charge in [-0.3, -0.25) is 20.1 Å². The molecule has 0 aliphatic rings. The lowest BCUT2D eigenvalue weighted by molar-refractivity contribution is -0.129. The van der Waals surface area contributed by atoms with E-state index in [1.165, 1.54) is 0 Å². The van der Waals surface area contributed by atoms with Crippen molar-refractivity contribution in [1.82, 2.24) is 21.1 Å². The van der Waals surface area contributed by atoms with Gasteiger partial charge in [-0.05, 0) is 35.7 Å². The number of carbonyl (C=O) groups is 2. The van der Waals surface area contributed by atoms with Crippen molar-refractivity contribution in [2.24, 2.45) is 0 Å². The number of amides is 2. The van der Waals surface area contributed by atoms with Crippen LogP contribution in [-0.2, 0) is 16.0 Å². The summed E-state index contributed by atoms with van der Waals surface area (Å²) in [4.78, 5) is 27.3. The summed E-state index contributed by atoms with van der Waals surface area (Å²) >= 11 is 3.39. The molecule has 2 aromatic carbocycles. The normalized spacial score (nSPS) is 11.9. The van der Waals surface area contributed by atoms with Crippen molar-refractivity contribution in [2.45, 2.75) is 12.5 Å². The number of nitrogens with one attached hydrogen (secondary N) is 4. The van der Waals surface area contributed by atoms with Crippen LogP contribution >= 0.6 is 15.9 Å². The number of carbonyl (C=O) groups excluding carboxylic acids is 2. The van der Waals surface area contributed by atoms with Crippen LogP contribution in [0.1, 0.15) is 17.2 Å². The fourth-order valence-corrected chi connectivity index (χ4v) is 3.46. The van der Waals surface area contributed by atoms with Gasteiger partial charge in [-0.15, -0.1) is 0 Å². The van der Waals surface area contributed by atoms with Crippen molar-refractivity contribution in [3.63, 3.8) is 0 Å². The van der Waals surface area contributed by atoms with E-state index >= 15 is 0 Å². The van der Waals surface area contributed by atoms with Crippen LogP contribution in [0.15, 0.2) is 59.2 Å². The zero-order valence-electron chi connectivity index (χ0n) is 15.0. The third-order valence-electron chi connectivity index (χ3n) is 4.40. The molecule has 0 bridgehead atoms. The summed E-state index contributed by atoms with van der Waals surface area (Å²) in [6.07, 6.45) is 2.63. The van der Waals surface area contributed by atoms with Crippen LogP contribution in [0.2, 0.25) is 0 Å². The molecule has 3 rings (SSSR count). The summed E-state index contributed by atoms with van der Waals surface area (Å²) in [6, 6.07) is 14.6. The Morgan fingerprint density at radius 1 is 1.14 bits per heavy atom.